The average molecular weight is 589 g/mol. The molecule has 1 aromatic heterocycles. The van der Waals surface area contributed by atoms with Crippen LogP contribution < -0.4 is 36.1 Å². The van der Waals surface area contributed by atoms with Crippen LogP contribution in [0.1, 0.15) is 37.3 Å². The van der Waals surface area contributed by atoms with Crippen molar-refractivity contribution in [2.24, 2.45) is 5.73 Å². The Morgan fingerprint density at radius 2 is 1.57 bits per heavy atom. The first kappa shape index (κ1) is 29.9. The van der Waals surface area contributed by atoms with Gasteiger partial charge in [-0.05, 0) is 46.9 Å². The highest BCUT2D eigenvalue weighted by Gasteiger charge is 2.36. The molecular formula is C30H32N6O5S. The van der Waals surface area contributed by atoms with Crippen LogP contribution in [-0.4, -0.2) is 50.4 Å². The third-order valence-electron chi connectivity index (χ3n) is 6.56. The van der Waals surface area contributed by atoms with Crippen molar-refractivity contribution in [1.82, 2.24) is 9.69 Å². The number of anilines is 3. The van der Waals surface area contributed by atoms with Gasteiger partial charge in [-0.2, -0.15) is 4.37 Å². The van der Waals surface area contributed by atoms with Gasteiger partial charge in [0.1, 0.15) is 10.9 Å². The van der Waals surface area contributed by atoms with Gasteiger partial charge in [0, 0.05) is 38.1 Å². The van der Waals surface area contributed by atoms with Gasteiger partial charge < -0.3 is 31.2 Å². The van der Waals surface area contributed by atoms with Gasteiger partial charge in [0.2, 0.25) is 5.91 Å². The summed E-state index contributed by atoms with van der Waals surface area (Å²) in [6.45, 7) is 0.231. The number of carbonyl (C=O) groups excluding carboxylic acids is 3. The normalized spacial score (nSPS) is 11.3. The fourth-order valence-corrected chi connectivity index (χ4v) is 5.09. The molecule has 0 saturated heterocycles. The summed E-state index contributed by atoms with van der Waals surface area (Å²) in [6, 6.07) is 20.4. The highest BCUT2D eigenvalue weighted by atomic mass is 32.1. The number of amides is 3. The summed E-state index contributed by atoms with van der Waals surface area (Å²) < 4.78 is 14.9. The van der Waals surface area contributed by atoms with Crippen LogP contribution in [0.5, 0.6) is 11.5 Å². The van der Waals surface area contributed by atoms with Crippen molar-refractivity contribution >= 4 is 46.3 Å². The van der Waals surface area contributed by atoms with Crippen LogP contribution in [0.3, 0.4) is 0 Å². The van der Waals surface area contributed by atoms with Gasteiger partial charge in [0.05, 0.1) is 19.9 Å². The number of benzene rings is 3. The molecule has 0 fully saturated rings. The molecule has 1 atom stereocenters. The lowest BCUT2D eigenvalue weighted by Gasteiger charge is -2.32. The number of nitrogens with zero attached hydrogens (tertiary/aromatic N) is 3. The molecule has 4 aromatic rings. The van der Waals surface area contributed by atoms with Crippen LogP contribution in [0.15, 0.2) is 72.8 Å². The number of ether oxygens (including phenoxy) is 2. The SMILES string of the molecule is COc1ccc(N(C(=O)c2snc(C(N)=O)c2N)[C@@H](C(=O)NCc2ccccc2)c2ccc(N(C)C)cc2)cc1OC. The molecule has 12 heteroatoms. The number of nitrogens with two attached hydrogens (primary N) is 2. The highest BCUT2D eigenvalue weighted by Crippen LogP contribution is 2.38. The number of nitrogens with one attached hydrogen (secondary N) is 1. The molecule has 3 amide bonds. The molecule has 5 N–H and O–H groups in total. The van der Waals surface area contributed by atoms with Crippen LogP contribution in [-0.2, 0) is 11.3 Å². The van der Waals surface area contributed by atoms with Crippen LogP contribution in [0.25, 0.3) is 0 Å². The number of rotatable bonds is 11. The Labute approximate surface area is 247 Å². The van der Waals surface area contributed by atoms with E-state index in [4.69, 9.17) is 20.9 Å². The Bertz CT molecular complexity index is 1570. The molecule has 218 valence electrons. The molecule has 0 aliphatic rings. The number of primary amides is 1. The van der Waals surface area contributed by atoms with Crippen molar-refractivity contribution in [2.75, 3.05) is 43.8 Å². The van der Waals surface area contributed by atoms with Gasteiger partial charge in [0.15, 0.2) is 17.2 Å². The Kier molecular flexibility index (Phi) is 9.28. The summed E-state index contributed by atoms with van der Waals surface area (Å²) in [6.07, 6.45) is 0. The fourth-order valence-electron chi connectivity index (χ4n) is 4.35. The number of nitrogen functional groups attached to an aromatic ring is 1. The van der Waals surface area contributed by atoms with Crippen molar-refractivity contribution in [3.63, 3.8) is 0 Å². The van der Waals surface area contributed by atoms with Crippen molar-refractivity contribution in [1.29, 1.82) is 0 Å². The van der Waals surface area contributed by atoms with E-state index in [9.17, 15) is 14.4 Å². The third kappa shape index (κ3) is 6.28. The Balaban J connectivity index is 1.89. The largest absolute Gasteiger partial charge is 0.493 e. The fraction of sp³-hybridized carbons (Fsp3) is 0.200. The Hall–Kier alpha value is -5.10. The lowest BCUT2D eigenvalue weighted by atomic mass is 10.0. The number of hydrogen-bond donors (Lipinski definition) is 3. The number of hydrogen-bond acceptors (Lipinski definition) is 9. The van der Waals surface area contributed by atoms with Gasteiger partial charge in [-0.15, -0.1) is 0 Å². The minimum atomic E-state index is -1.16. The molecule has 0 saturated carbocycles. The summed E-state index contributed by atoms with van der Waals surface area (Å²) in [5.74, 6) is -1.19. The van der Waals surface area contributed by atoms with Crippen LogP contribution in [0.4, 0.5) is 17.1 Å². The first-order valence-electron chi connectivity index (χ1n) is 12.9. The van der Waals surface area contributed by atoms with Crippen LogP contribution in [0.2, 0.25) is 0 Å². The maximum Gasteiger partial charge on any atom is 0.273 e. The van der Waals surface area contributed by atoms with Gasteiger partial charge in [-0.1, -0.05) is 42.5 Å². The molecule has 0 spiro atoms. The quantitative estimate of drug-likeness (QED) is 0.240. The third-order valence-corrected chi connectivity index (χ3v) is 7.41. The zero-order valence-electron chi connectivity index (χ0n) is 23.7. The predicted molar refractivity (Wildman–Crippen MR) is 163 cm³/mol. The smallest absolute Gasteiger partial charge is 0.273 e. The number of carbonyl (C=O) groups is 3. The van der Waals surface area contributed by atoms with E-state index < -0.39 is 23.8 Å². The van der Waals surface area contributed by atoms with Gasteiger partial charge in [0.25, 0.3) is 11.8 Å². The average Bonchev–Trinajstić information content (AvgIpc) is 3.40. The van der Waals surface area contributed by atoms with Crippen LogP contribution >= 0.6 is 11.5 Å². The zero-order valence-corrected chi connectivity index (χ0v) is 24.5. The molecular weight excluding hydrogens is 556 g/mol. The zero-order chi connectivity index (χ0) is 30.4. The van der Waals surface area contributed by atoms with E-state index in [0.717, 1.165) is 22.8 Å². The second kappa shape index (κ2) is 13.0. The molecule has 4 rings (SSSR count). The first-order chi connectivity index (χ1) is 20.2. The van der Waals surface area contributed by atoms with Gasteiger partial charge in [-0.3, -0.25) is 19.3 Å². The van der Waals surface area contributed by atoms with Crippen molar-refractivity contribution in [3.8, 4) is 11.5 Å². The number of aromatic nitrogens is 1. The second-order valence-electron chi connectivity index (χ2n) is 9.44. The standard InChI is InChI=1S/C30H32N6O5S/c1-35(2)20-12-10-19(11-13-20)26(29(38)33-17-18-8-6-5-7-9-18)36(21-14-15-22(40-3)23(16-21)41-4)30(39)27-24(31)25(28(32)37)34-42-27/h5-16,26H,17,31H2,1-4H3,(H2,32,37)(H,33,38)/t26-/m1/s1. The highest BCUT2D eigenvalue weighted by molar-refractivity contribution is 7.09. The van der Waals surface area contributed by atoms with Crippen molar-refractivity contribution in [2.45, 2.75) is 12.6 Å². The van der Waals surface area contributed by atoms with E-state index in [0.29, 0.717) is 22.7 Å². The molecule has 0 aliphatic carbocycles. The maximum absolute atomic E-state index is 14.3. The van der Waals surface area contributed by atoms with Crippen LogP contribution in [0, 0.1) is 0 Å². The van der Waals surface area contributed by atoms with Gasteiger partial charge >= 0.3 is 0 Å². The van der Waals surface area contributed by atoms with Crippen molar-refractivity contribution in [3.05, 3.63) is 94.5 Å². The maximum atomic E-state index is 14.3. The molecule has 0 bridgehead atoms. The molecule has 1 heterocycles. The van der Waals surface area contributed by atoms with E-state index in [-0.39, 0.29) is 22.8 Å². The minimum Gasteiger partial charge on any atom is -0.493 e. The summed E-state index contributed by atoms with van der Waals surface area (Å²) in [4.78, 5) is 43.5. The minimum absolute atomic E-state index is 0.0376. The summed E-state index contributed by atoms with van der Waals surface area (Å²) in [5, 5.41) is 2.96. The Morgan fingerprint density at radius 1 is 0.929 bits per heavy atom. The first-order valence-corrected chi connectivity index (χ1v) is 13.6. The predicted octanol–water partition coefficient (Wildman–Crippen LogP) is 3.61. The van der Waals surface area contributed by atoms with Crippen molar-refractivity contribution < 1.29 is 23.9 Å². The van der Waals surface area contributed by atoms with Gasteiger partial charge in [-0.25, -0.2) is 0 Å². The topological polar surface area (TPSA) is 153 Å². The van der Waals surface area contributed by atoms with E-state index in [1.807, 2.05) is 61.5 Å². The molecule has 0 radical (unpaired) electrons. The number of methoxy groups -OCH3 is 2. The van der Waals surface area contributed by atoms with E-state index >= 15 is 0 Å². The van der Waals surface area contributed by atoms with E-state index in [2.05, 4.69) is 9.69 Å². The molecule has 0 aliphatic heterocycles. The summed E-state index contributed by atoms with van der Waals surface area (Å²) in [5.41, 5.74) is 13.9. The lowest BCUT2D eigenvalue weighted by molar-refractivity contribution is -0.122. The molecule has 11 nitrogen and oxygen atoms in total. The summed E-state index contributed by atoms with van der Waals surface area (Å²) in [7, 11) is 6.77. The Morgan fingerprint density at radius 3 is 2.14 bits per heavy atom. The molecule has 3 aromatic carbocycles. The molecule has 42 heavy (non-hydrogen) atoms. The summed E-state index contributed by atoms with van der Waals surface area (Å²) >= 11 is 0.733. The second-order valence-corrected chi connectivity index (χ2v) is 10.2. The monoisotopic (exact) mass is 588 g/mol. The van der Waals surface area contributed by atoms with E-state index in [1.165, 1.54) is 19.1 Å². The molecule has 0 unspecified atom stereocenters. The van der Waals surface area contributed by atoms with E-state index in [1.54, 1.807) is 30.3 Å². The lowest BCUT2D eigenvalue weighted by Crippen LogP contribution is -2.44.